The molecule has 6 nitrogen and oxygen atoms in total. The number of aromatic amines is 1. The van der Waals surface area contributed by atoms with Crippen LogP contribution in [0.1, 0.15) is 41.3 Å². The highest BCUT2D eigenvalue weighted by molar-refractivity contribution is 5.59. The third-order valence-electron chi connectivity index (χ3n) is 4.94. The first-order valence-corrected chi connectivity index (χ1v) is 8.59. The van der Waals surface area contributed by atoms with Crippen LogP contribution in [0.5, 0.6) is 0 Å². The van der Waals surface area contributed by atoms with E-state index in [1.807, 2.05) is 19.9 Å². The molecule has 1 saturated carbocycles. The Hall–Kier alpha value is -2.55. The van der Waals surface area contributed by atoms with E-state index in [4.69, 9.17) is 0 Å². The Morgan fingerprint density at radius 1 is 1.12 bits per heavy atom. The van der Waals surface area contributed by atoms with E-state index in [0.29, 0.717) is 11.5 Å². The number of pyridine rings is 1. The number of rotatable bonds is 3. The minimum atomic E-state index is 0.699. The molecule has 2 aromatic heterocycles. The summed E-state index contributed by atoms with van der Waals surface area (Å²) in [6.45, 7) is 7.47. The number of hydrogen-bond donors (Lipinski definition) is 1. The highest BCUT2D eigenvalue weighted by atomic mass is 15.3. The number of nitrogens with zero attached hydrogens (tertiary/aromatic N) is 5. The molecule has 2 aromatic rings. The summed E-state index contributed by atoms with van der Waals surface area (Å²) in [6.07, 6.45) is 2.56. The average Bonchev–Trinajstić information content (AvgIpc) is 3.32. The number of aromatic nitrogens is 3. The van der Waals surface area contributed by atoms with Gasteiger partial charge < -0.3 is 9.80 Å². The van der Waals surface area contributed by atoms with Crippen molar-refractivity contribution >= 4 is 11.6 Å². The molecule has 2 aliphatic rings. The first-order chi connectivity index (χ1) is 11.7. The van der Waals surface area contributed by atoms with E-state index in [2.05, 4.69) is 37.1 Å². The van der Waals surface area contributed by atoms with Gasteiger partial charge >= 0.3 is 0 Å². The van der Waals surface area contributed by atoms with Gasteiger partial charge in [-0.3, -0.25) is 5.10 Å². The van der Waals surface area contributed by atoms with E-state index < -0.39 is 0 Å². The number of anilines is 2. The second-order valence-electron chi connectivity index (χ2n) is 6.82. The van der Waals surface area contributed by atoms with Gasteiger partial charge in [0.1, 0.15) is 11.9 Å². The third-order valence-corrected chi connectivity index (χ3v) is 4.94. The average molecular weight is 322 g/mol. The molecule has 2 fully saturated rings. The lowest BCUT2D eigenvalue weighted by molar-refractivity contribution is 0.639. The van der Waals surface area contributed by atoms with Crippen LogP contribution >= 0.6 is 0 Å². The van der Waals surface area contributed by atoms with E-state index in [9.17, 15) is 5.26 Å². The second-order valence-corrected chi connectivity index (χ2v) is 6.82. The molecule has 0 bridgehead atoms. The van der Waals surface area contributed by atoms with Crippen molar-refractivity contribution in [2.45, 2.75) is 32.6 Å². The lowest BCUT2D eigenvalue weighted by Crippen LogP contribution is -2.47. The van der Waals surface area contributed by atoms with Crippen molar-refractivity contribution in [1.29, 1.82) is 5.26 Å². The normalized spacial score (nSPS) is 17.9. The molecular formula is C18H22N6. The van der Waals surface area contributed by atoms with Gasteiger partial charge in [-0.2, -0.15) is 10.4 Å². The third kappa shape index (κ3) is 2.71. The molecular weight excluding hydrogens is 300 g/mol. The number of nitrogens with one attached hydrogen (secondary N) is 1. The maximum atomic E-state index is 9.47. The monoisotopic (exact) mass is 322 g/mol. The van der Waals surface area contributed by atoms with Crippen molar-refractivity contribution in [3.63, 3.8) is 0 Å². The fourth-order valence-corrected chi connectivity index (χ4v) is 3.42. The minimum Gasteiger partial charge on any atom is -0.352 e. The first-order valence-electron chi connectivity index (χ1n) is 8.59. The van der Waals surface area contributed by atoms with Crippen LogP contribution in [0.25, 0.3) is 0 Å². The number of H-pyrrole nitrogens is 1. The molecule has 6 heteroatoms. The molecule has 4 rings (SSSR count). The Bertz CT molecular complexity index is 790. The number of aryl methyl sites for hydroxylation is 2. The van der Waals surface area contributed by atoms with Crippen LogP contribution in [0.2, 0.25) is 0 Å². The van der Waals surface area contributed by atoms with E-state index >= 15 is 0 Å². The summed E-state index contributed by atoms with van der Waals surface area (Å²) in [7, 11) is 0. The van der Waals surface area contributed by atoms with Crippen molar-refractivity contribution in [2.75, 3.05) is 36.0 Å². The summed E-state index contributed by atoms with van der Waals surface area (Å²) in [5.41, 5.74) is 3.94. The number of hydrogen-bond acceptors (Lipinski definition) is 5. The van der Waals surface area contributed by atoms with Crippen LogP contribution in [-0.4, -0.2) is 41.4 Å². The van der Waals surface area contributed by atoms with Crippen LogP contribution in [-0.2, 0) is 0 Å². The lowest BCUT2D eigenvalue weighted by atomic mass is 10.1. The summed E-state index contributed by atoms with van der Waals surface area (Å²) in [5.74, 6) is 2.57. The molecule has 1 aliphatic heterocycles. The molecule has 0 atom stereocenters. The smallest absolute Gasteiger partial charge is 0.150 e. The summed E-state index contributed by atoms with van der Waals surface area (Å²) < 4.78 is 0. The molecule has 1 aliphatic carbocycles. The number of piperazine rings is 1. The maximum absolute atomic E-state index is 9.47. The predicted octanol–water partition coefficient (Wildman–Crippen LogP) is 2.50. The van der Waals surface area contributed by atoms with Gasteiger partial charge in [0, 0.05) is 49.6 Å². The predicted molar refractivity (Wildman–Crippen MR) is 93.4 cm³/mol. The molecule has 1 N–H and O–H groups in total. The quantitative estimate of drug-likeness (QED) is 0.940. The van der Waals surface area contributed by atoms with Crippen LogP contribution in [0.4, 0.5) is 11.6 Å². The maximum Gasteiger partial charge on any atom is 0.150 e. The Kier molecular flexibility index (Phi) is 3.64. The molecule has 3 heterocycles. The van der Waals surface area contributed by atoms with Crippen LogP contribution in [0.15, 0.2) is 12.1 Å². The second kappa shape index (κ2) is 5.82. The van der Waals surface area contributed by atoms with E-state index in [-0.39, 0.29) is 0 Å². The summed E-state index contributed by atoms with van der Waals surface area (Å²) in [5, 5.41) is 17.1. The van der Waals surface area contributed by atoms with Gasteiger partial charge in [0.15, 0.2) is 5.82 Å². The van der Waals surface area contributed by atoms with E-state index in [1.165, 1.54) is 18.5 Å². The van der Waals surface area contributed by atoms with Gasteiger partial charge in [0.25, 0.3) is 0 Å². The van der Waals surface area contributed by atoms with Gasteiger partial charge in [-0.1, -0.05) is 0 Å². The Morgan fingerprint density at radius 2 is 1.83 bits per heavy atom. The highest BCUT2D eigenvalue weighted by Crippen LogP contribution is 2.40. The Balaban J connectivity index is 1.49. The van der Waals surface area contributed by atoms with E-state index in [1.54, 1.807) is 0 Å². The zero-order valence-corrected chi connectivity index (χ0v) is 14.2. The zero-order chi connectivity index (χ0) is 16.7. The SMILES string of the molecule is Cc1cc(C)c(C#N)c(N2CCN(c3cc(C4CC4)[nH]n3)CC2)n1. The van der Waals surface area contributed by atoms with Gasteiger partial charge in [0.2, 0.25) is 0 Å². The van der Waals surface area contributed by atoms with Crippen molar-refractivity contribution in [2.24, 2.45) is 0 Å². The number of nitriles is 1. The van der Waals surface area contributed by atoms with Crippen LogP contribution in [0, 0.1) is 25.2 Å². The summed E-state index contributed by atoms with van der Waals surface area (Å²) in [6, 6.07) is 6.49. The molecule has 1 saturated heterocycles. The zero-order valence-electron chi connectivity index (χ0n) is 14.2. The fourth-order valence-electron chi connectivity index (χ4n) is 3.42. The Labute approximate surface area is 142 Å². The van der Waals surface area contributed by atoms with Gasteiger partial charge in [0.05, 0.1) is 5.56 Å². The van der Waals surface area contributed by atoms with Gasteiger partial charge in [-0.25, -0.2) is 4.98 Å². The standard InChI is InChI=1S/C18H22N6/c1-12-9-13(2)20-18(15(12)11-19)24-7-5-23(6-8-24)17-10-16(21-22-17)14-3-4-14/h9-10,14H,3-8H2,1-2H3,(H,21,22). The molecule has 0 radical (unpaired) electrons. The van der Waals surface area contributed by atoms with E-state index in [0.717, 1.165) is 49.1 Å². The van der Waals surface area contributed by atoms with Crippen LogP contribution in [0.3, 0.4) is 0 Å². The van der Waals surface area contributed by atoms with Crippen molar-refractivity contribution in [1.82, 2.24) is 15.2 Å². The van der Waals surface area contributed by atoms with Crippen molar-refractivity contribution in [3.8, 4) is 6.07 Å². The van der Waals surface area contributed by atoms with Crippen LogP contribution < -0.4 is 9.80 Å². The highest BCUT2D eigenvalue weighted by Gasteiger charge is 2.27. The molecule has 124 valence electrons. The first kappa shape index (κ1) is 15.0. The largest absolute Gasteiger partial charge is 0.352 e. The van der Waals surface area contributed by atoms with Gasteiger partial charge in [-0.15, -0.1) is 0 Å². The topological polar surface area (TPSA) is 71.8 Å². The van der Waals surface area contributed by atoms with Crippen molar-refractivity contribution < 1.29 is 0 Å². The van der Waals surface area contributed by atoms with Gasteiger partial charge in [-0.05, 0) is 38.3 Å². The summed E-state index contributed by atoms with van der Waals surface area (Å²) in [4.78, 5) is 9.16. The molecule has 0 aromatic carbocycles. The summed E-state index contributed by atoms with van der Waals surface area (Å²) >= 11 is 0. The fraction of sp³-hybridized carbons (Fsp3) is 0.500. The minimum absolute atomic E-state index is 0.699. The molecule has 0 unspecified atom stereocenters. The Morgan fingerprint density at radius 3 is 2.50 bits per heavy atom. The molecule has 0 amide bonds. The lowest BCUT2D eigenvalue weighted by Gasteiger charge is -2.36. The van der Waals surface area contributed by atoms with Crippen molar-refractivity contribution in [3.05, 3.63) is 34.6 Å². The molecule has 0 spiro atoms. The molecule has 24 heavy (non-hydrogen) atoms.